The largest absolute Gasteiger partial charge is 0.316 e. The number of rotatable bonds is 6. The van der Waals surface area contributed by atoms with Crippen LogP contribution in [0.5, 0.6) is 0 Å². The Morgan fingerprint density at radius 2 is 2.05 bits per heavy atom. The van der Waals surface area contributed by atoms with Gasteiger partial charge in [0.2, 0.25) is 0 Å². The third-order valence-corrected chi connectivity index (χ3v) is 3.96. The fraction of sp³-hybridized carbons (Fsp3) is 0.647. The summed E-state index contributed by atoms with van der Waals surface area (Å²) in [7, 11) is 0. The van der Waals surface area contributed by atoms with E-state index in [9.17, 15) is 0 Å². The van der Waals surface area contributed by atoms with Crippen molar-refractivity contribution in [2.75, 3.05) is 19.6 Å². The van der Waals surface area contributed by atoms with E-state index in [0.29, 0.717) is 6.04 Å². The first kappa shape index (κ1) is 14.5. The summed E-state index contributed by atoms with van der Waals surface area (Å²) in [6.45, 7) is 8.12. The highest BCUT2D eigenvalue weighted by Gasteiger charge is 2.17. The van der Waals surface area contributed by atoms with Crippen LogP contribution in [0.1, 0.15) is 44.7 Å². The molecule has 1 aromatic rings. The zero-order valence-electron chi connectivity index (χ0n) is 12.4. The third-order valence-electron chi connectivity index (χ3n) is 3.96. The van der Waals surface area contributed by atoms with Crippen molar-refractivity contribution in [3.63, 3.8) is 0 Å². The Labute approximate surface area is 118 Å². The zero-order chi connectivity index (χ0) is 13.5. The van der Waals surface area contributed by atoms with Crippen LogP contribution in [0.2, 0.25) is 0 Å². The van der Waals surface area contributed by atoms with E-state index in [0.717, 1.165) is 18.4 Å². The van der Waals surface area contributed by atoms with E-state index in [-0.39, 0.29) is 0 Å². The van der Waals surface area contributed by atoms with Crippen LogP contribution >= 0.6 is 0 Å². The Morgan fingerprint density at radius 3 is 2.68 bits per heavy atom. The Balaban J connectivity index is 1.90. The predicted octanol–water partition coefficient (Wildman–Crippen LogP) is 3.36. The molecule has 0 spiro atoms. The fourth-order valence-corrected chi connectivity index (χ4v) is 2.90. The Kier molecular flexibility index (Phi) is 5.87. The molecule has 0 radical (unpaired) electrons. The minimum Gasteiger partial charge on any atom is -0.316 e. The lowest BCUT2D eigenvalue weighted by Gasteiger charge is -2.27. The van der Waals surface area contributed by atoms with Crippen molar-refractivity contribution >= 4 is 0 Å². The lowest BCUT2D eigenvalue weighted by Crippen LogP contribution is -2.37. The van der Waals surface area contributed by atoms with Gasteiger partial charge in [-0.15, -0.1) is 0 Å². The van der Waals surface area contributed by atoms with Crippen molar-refractivity contribution < 1.29 is 0 Å². The van der Waals surface area contributed by atoms with E-state index in [4.69, 9.17) is 0 Å². The van der Waals surface area contributed by atoms with Gasteiger partial charge < -0.3 is 10.6 Å². The van der Waals surface area contributed by atoms with Crippen molar-refractivity contribution in [3.8, 4) is 0 Å². The molecule has 1 fully saturated rings. The molecule has 19 heavy (non-hydrogen) atoms. The molecule has 1 saturated heterocycles. The summed E-state index contributed by atoms with van der Waals surface area (Å²) >= 11 is 0. The Morgan fingerprint density at radius 1 is 1.26 bits per heavy atom. The summed E-state index contributed by atoms with van der Waals surface area (Å²) in [5.74, 6) is 1.52. The first-order valence-corrected chi connectivity index (χ1v) is 7.74. The smallest absolute Gasteiger partial charge is 0.0322 e. The maximum Gasteiger partial charge on any atom is 0.0322 e. The van der Waals surface area contributed by atoms with Crippen molar-refractivity contribution in [1.82, 2.24) is 10.6 Å². The molecule has 106 valence electrons. The summed E-state index contributed by atoms with van der Waals surface area (Å²) in [6, 6.07) is 11.4. The predicted molar refractivity (Wildman–Crippen MR) is 82.2 cm³/mol. The van der Waals surface area contributed by atoms with Crippen LogP contribution in [0.15, 0.2) is 30.3 Å². The normalized spacial score (nSPS) is 21.5. The molecule has 2 atom stereocenters. The van der Waals surface area contributed by atoms with Gasteiger partial charge >= 0.3 is 0 Å². The molecule has 2 heteroatoms. The molecule has 0 saturated carbocycles. The number of hydrogen-bond acceptors (Lipinski definition) is 2. The van der Waals surface area contributed by atoms with Crippen LogP contribution in [-0.2, 0) is 0 Å². The summed E-state index contributed by atoms with van der Waals surface area (Å²) < 4.78 is 0. The first-order chi connectivity index (χ1) is 9.25. The lowest BCUT2D eigenvalue weighted by atomic mass is 9.95. The van der Waals surface area contributed by atoms with Crippen molar-refractivity contribution in [1.29, 1.82) is 0 Å². The maximum atomic E-state index is 3.80. The van der Waals surface area contributed by atoms with E-state index >= 15 is 0 Å². The van der Waals surface area contributed by atoms with Crippen LogP contribution in [0, 0.1) is 11.8 Å². The molecule has 1 aliphatic rings. The second kappa shape index (κ2) is 7.66. The monoisotopic (exact) mass is 260 g/mol. The maximum absolute atomic E-state index is 3.80. The molecule has 0 bridgehead atoms. The summed E-state index contributed by atoms with van der Waals surface area (Å²) in [6.07, 6.45) is 3.90. The second-order valence-corrected chi connectivity index (χ2v) is 6.21. The van der Waals surface area contributed by atoms with Gasteiger partial charge in [-0.1, -0.05) is 44.2 Å². The number of hydrogen-bond donors (Lipinski definition) is 2. The lowest BCUT2D eigenvalue weighted by molar-refractivity contribution is 0.329. The first-order valence-electron chi connectivity index (χ1n) is 7.74. The van der Waals surface area contributed by atoms with Crippen molar-refractivity contribution in [3.05, 3.63) is 35.9 Å². The van der Waals surface area contributed by atoms with E-state index in [1.54, 1.807) is 0 Å². The van der Waals surface area contributed by atoms with Gasteiger partial charge in [0.25, 0.3) is 0 Å². The average Bonchev–Trinajstić information content (AvgIpc) is 2.45. The Hall–Kier alpha value is -0.860. The zero-order valence-corrected chi connectivity index (χ0v) is 12.4. The van der Waals surface area contributed by atoms with Gasteiger partial charge in [-0.05, 0) is 56.3 Å². The van der Waals surface area contributed by atoms with Crippen LogP contribution < -0.4 is 10.6 Å². The van der Waals surface area contributed by atoms with Gasteiger partial charge in [0.1, 0.15) is 0 Å². The minimum atomic E-state index is 0.503. The summed E-state index contributed by atoms with van der Waals surface area (Å²) in [5.41, 5.74) is 1.43. The van der Waals surface area contributed by atoms with E-state index in [1.165, 1.54) is 37.9 Å². The molecular weight excluding hydrogens is 232 g/mol. The topological polar surface area (TPSA) is 24.1 Å². The molecule has 2 unspecified atom stereocenters. The van der Waals surface area contributed by atoms with Crippen LogP contribution in [0.4, 0.5) is 0 Å². The van der Waals surface area contributed by atoms with Crippen molar-refractivity contribution in [2.24, 2.45) is 11.8 Å². The van der Waals surface area contributed by atoms with E-state index in [1.807, 2.05) is 0 Å². The quantitative estimate of drug-likeness (QED) is 0.819. The number of piperidine rings is 1. The van der Waals surface area contributed by atoms with Gasteiger partial charge in [-0.2, -0.15) is 0 Å². The molecule has 1 aromatic carbocycles. The molecule has 2 nitrogen and oxygen atoms in total. The Bertz CT molecular complexity index is 342. The molecular formula is C17H28N2. The highest BCUT2D eigenvalue weighted by Crippen LogP contribution is 2.22. The van der Waals surface area contributed by atoms with Crippen molar-refractivity contribution in [2.45, 2.75) is 39.2 Å². The standard InChI is InChI=1S/C17H28N2/c1-14(2)11-17(16-8-4-3-5-9-16)19-13-15-7-6-10-18-12-15/h3-5,8-9,14-15,17-19H,6-7,10-13H2,1-2H3. The molecule has 1 heterocycles. The second-order valence-electron chi connectivity index (χ2n) is 6.21. The minimum absolute atomic E-state index is 0.503. The third kappa shape index (κ3) is 4.96. The SMILES string of the molecule is CC(C)CC(NCC1CCCNC1)c1ccccc1. The van der Waals surface area contributed by atoms with Crippen LogP contribution in [0.25, 0.3) is 0 Å². The molecule has 0 amide bonds. The highest BCUT2D eigenvalue weighted by molar-refractivity contribution is 5.18. The fourth-order valence-electron chi connectivity index (χ4n) is 2.90. The van der Waals surface area contributed by atoms with E-state index in [2.05, 4.69) is 54.8 Å². The number of nitrogens with one attached hydrogen (secondary N) is 2. The van der Waals surface area contributed by atoms with Crippen LogP contribution in [0.3, 0.4) is 0 Å². The molecule has 2 rings (SSSR count). The average molecular weight is 260 g/mol. The van der Waals surface area contributed by atoms with Gasteiger partial charge in [0.15, 0.2) is 0 Å². The van der Waals surface area contributed by atoms with E-state index < -0.39 is 0 Å². The summed E-state index contributed by atoms with van der Waals surface area (Å²) in [4.78, 5) is 0. The van der Waals surface area contributed by atoms with Crippen LogP contribution in [-0.4, -0.2) is 19.6 Å². The van der Waals surface area contributed by atoms with Gasteiger partial charge in [0, 0.05) is 6.04 Å². The van der Waals surface area contributed by atoms with Gasteiger partial charge in [-0.3, -0.25) is 0 Å². The van der Waals surface area contributed by atoms with Gasteiger partial charge in [0.05, 0.1) is 0 Å². The molecule has 2 N–H and O–H groups in total. The molecule has 1 aliphatic heterocycles. The number of benzene rings is 1. The summed E-state index contributed by atoms with van der Waals surface area (Å²) in [5, 5.41) is 7.30. The highest BCUT2D eigenvalue weighted by atomic mass is 14.9. The van der Waals surface area contributed by atoms with Gasteiger partial charge in [-0.25, -0.2) is 0 Å². The molecule has 0 aromatic heterocycles. The molecule has 0 aliphatic carbocycles.